The van der Waals surface area contributed by atoms with Gasteiger partial charge in [-0.3, -0.25) is 4.79 Å². The average Bonchev–Trinajstić information content (AvgIpc) is 2.94. The number of nitrogens with one attached hydrogen (secondary N) is 1. The number of halogens is 1. The molecule has 0 radical (unpaired) electrons. The van der Waals surface area contributed by atoms with Crippen molar-refractivity contribution in [3.8, 4) is 28.4 Å². The zero-order chi connectivity index (χ0) is 26.9. The van der Waals surface area contributed by atoms with Gasteiger partial charge in [-0.15, -0.1) is 0 Å². The number of hydrazone groups is 1. The highest BCUT2D eigenvalue weighted by Gasteiger charge is 2.17. The number of aryl methyl sites for hydroxylation is 1. The molecule has 8 heteroatoms. The second kappa shape index (κ2) is 12.7. The highest BCUT2D eigenvalue weighted by Crippen LogP contribution is 2.37. The maximum atomic E-state index is 12.5. The van der Waals surface area contributed by atoms with Gasteiger partial charge in [0.2, 0.25) is 0 Å². The highest BCUT2D eigenvalue weighted by atomic mass is 79.9. The third-order valence-corrected chi connectivity index (χ3v) is 6.06. The fourth-order valence-electron chi connectivity index (χ4n) is 3.49. The van der Waals surface area contributed by atoms with Gasteiger partial charge in [0.15, 0.2) is 18.1 Å². The van der Waals surface area contributed by atoms with Crippen LogP contribution in [0.5, 0.6) is 17.2 Å². The van der Waals surface area contributed by atoms with Crippen LogP contribution in [0.25, 0.3) is 11.1 Å². The lowest BCUT2D eigenvalue weighted by Crippen LogP contribution is -2.24. The van der Waals surface area contributed by atoms with Gasteiger partial charge in [0, 0.05) is 0 Å². The van der Waals surface area contributed by atoms with Crippen molar-refractivity contribution in [1.82, 2.24) is 5.43 Å². The summed E-state index contributed by atoms with van der Waals surface area (Å²) in [7, 11) is 1.47. The molecule has 4 aromatic rings. The van der Waals surface area contributed by atoms with Gasteiger partial charge in [-0.25, -0.2) is 10.2 Å². The topological polar surface area (TPSA) is 86.2 Å². The molecule has 0 aliphatic rings. The Bertz CT molecular complexity index is 1440. The third kappa shape index (κ3) is 7.08. The first-order valence-corrected chi connectivity index (χ1v) is 12.5. The van der Waals surface area contributed by atoms with Gasteiger partial charge in [-0.1, -0.05) is 60.2 Å². The van der Waals surface area contributed by atoms with Crippen LogP contribution >= 0.6 is 15.9 Å². The Morgan fingerprint density at radius 2 is 1.61 bits per heavy atom. The summed E-state index contributed by atoms with van der Waals surface area (Å²) in [5.41, 5.74) is 6.67. The van der Waals surface area contributed by atoms with Crippen LogP contribution in [0.2, 0.25) is 0 Å². The molecule has 38 heavy (non-hydrogen) atoms. The number of hydrogen-bond acceptors (Lipinski definition) is 6. The summed E-state index contributed by atoms with van der Waals surface area (Å²) in [6.45, 7) is 1.75. The molecule has 192 valence electrons. The average molecular weight is 573 g/mol. The number of esters is 1. The lowest BCUT2D eigenvalue weighted by Gasteiger charge is -2.12. The quantitative estimate of drug-likeness (QED) is 0.112. The Balaban J connectivity index is 1.32. The number of ether oxygens (including phenoxy) is 3. The van der Waals surface area contributed by atoms with Crippen molar-refractivity contribution in [3.05, 3.63) is 112 Å². The zero-order valence-corrected chi connectivity index (χ0v) is 22.4. The van der Waals surface area contributed by atoms with E-state index < -0.39 is 11.9 Å². The molecule has 0 heterocycles. The lowest BCUT2D eigenvalue weighted by atomic mass is 10.1. The standard InChI is InChI=1S/C30H25BrN2O5/c1-20-8-10-24(11-9-20)30(35)38-29-26(31)16-21(17-27(29)36-2)18-32-33-28(34)19-37-25-14-12-23(13-15-25)22-6-4-3-5-7-22/h3-18H,19H2,1-2H3,(H,33,34)/b32-18+. The number of hydrogen-bond donors (Lipinski definition) is 1. The number of nitrogens with zero attached hydrogens (tertiary/aromatic N) is 1. The Morgan fingerprint density at radius 1 is 0.921 bits per heavy atom. The summed E-state index contributed by atoms with van der Waals surface area (Å²) in [5.74, 6) is 0.226. The van der Waals surface area contributed by atoms with Gasteiger partial charge in [0.25, 0.3) is 5.91 Å². The number of carbonyl (C=O) groups excluding carboxylic acids is 2. The smallest absolute Gasteiger partial charge is 0.343 e. The molecule has 4 rings (SSSR count). The number of rotatable bonds is 9. The van der Waals surface area contributed by atoms with Crippen molar-refractivity contribution in [1.29, 1.82) is 0 Å². The van der Waals surface area contributed by atoms with E-state index in [0.717, 1.165) is 16.7 Å². The second-order valence-electron chi connectivity index (χ2n) is 8.26. The molecule has 0 atom stereocenters. The summed E-state index contributed by atoms with van der Waals surface area (Å²) in [5, 5.41) is 3.98. The van der Waals surface area contributed by atoms with E-state index in [0.29, 0.717) is 27.1 Å². The van der Waals surface area contributed by atoms with E-state index in [2.05, 4.69) is 26.5 Å². The molecule has 0 fully saturated rings. The Labute approximate surface area is 229 Å². The van der Waals surface area contributed by atoms with Crippen molar-refractivity contribution in [2.75, 3.05) is 13.7 Å². The van der Waals surface area contributed by atoms with E-state index in [9.17, 15) is 9.59 Å². The maximum absolute atomic E-state index is 12.5. The molecule has 0 aliphatic heterocycles. The van der Waals surface area contributed by atoms with Crippen LogP contribution in [0.15, 0.2) is 101 Å². The fraction of sp³-hybridized carbons (Fsp3) is 0.100. The molecule has 0 bridgehead atoms. The van der Waals surface area contributed by atoms with Gasteiger partial charge >= 0.3 is 5.97 Å². The van der Waals surface area contributed by atoms with E-state index in [1.54, 1.807) is 24.3 Å². The fourth-order valence-corrected chi connectivity index (χ4v) is 4.03. The molecule has 7 nitrogen and oxygen atoms in total. The molecule has 0 saturated carbocycles. The summed E-state index contributed by atoms with van der Waals surface area (Å²) in [6, 6.07) is 27.9. The number of carbonyl (C=O) groups is 2. The summed E-state index contributed by atoms with van der Waals surface area (Å²) < 4.78 is 17.0. The van der Waals surface area contributed by atoms with Crippen molar-refractivity contribution in [2.24, 2.45) is 5.10 Å². The Kier molecular flexibility index (Phi) is 8.89. The van der Waals surface area contributed by atoms with Crippen LogP contribution in [0.4, 0.5) is 0 Å². The SMILES string of the molecule is COc1cc(/C=N/NC(=O)COc2ccc(-c3ccccc3)cc2)cc(Br)c1OC(=O)c1ccc(C)cc1. The minimum Gasteiger partial charge on any atom is -0.493 e. The van der Waals surface area contributed by atoms with Crippen LogP contribution < -0.4 is 19.6 Å². The predicted molar refractivity (Wildman–Crippen MR) is 150 cm³/mol. The van der Waals surface area contributed by atoms with E-state index in [1.165, 1.54) is 13.3 Å². The molecule has 4 aromatic carbocycles. The van der Waals surface area contributed by atoms with Gasteiger partial charge in [-0.2, -0.15) is 5.10 Å². The van der Waals surface area contributed by atoms with Gasteiger partial charge in [0.05, 0.1) is 23.4 Å². The van der Waals surface area contributed by atoms with Gasteiger partial charge in [0.1, 0.15) is 5.75 Å². The number of amides is 1. The van der Waals surface area contributed by atoms with Crippen LogP contribution in [0.3, 0.4) is 0 Å². The lowest BCUT2D eigenvalue weighted by molar-refractivity contribution is -0.123. The molecule has 0 aromatic heterocycles. The number of benzene rings is 4. The normalized spacial score (nSPS) is 10.7. The highest BCUT2D eigenvalue weighted by molar-refractivity contribution is 9.10. The summed E-state index contributed by atoms with van der Waals surface area (Å²) in [6.07, 6.45) is 1.45. The first kappa shape index (κ1) is 26.6. The molecule has 0 unspecified atom stereocenters. The number of methoxy groups -OCH3 is 1. The van der Waals surface area contributed by atoms with E-state index in [-0.39, 0.29) is 12.4 Å². The second-order valence-corrected chi connectivity index (χ2v) is 9.12. The molecule has 0 aliphatic carbocycles. The molecule has 0 spiro atoms. The predicted octanol–water partition coefficient (Wildman–Crippen LogP) is 6.18. The molecule has 1 N–H and O–H groups in total. The minimum absolute atomic E-state index is 0.192. The van der Waals surface area contributed by atoms with Gasteiger partial charge < -0.3 is 14.2 Å². The monoisotopic (exact) mass is 572 g/mol. The summed E-state index contributed by atoms with van der Waals surface area (Å²) in [4.78, 5) is 24.7. The van der Waals surface area contributed by atoms with E-state index in [1.807, 2.05) is 73.7 Å². The van der Waals surface area contributed by atoms with E-state index >= 15 is 0 Å². The third-order valence-electron chi connectivity index (χ3n) is 5.47. The van der Waals surface area contributed by atoms with Crippen LogP contribution in [0, 0.1) is 6.92 Å². The first-order chi connectivity index (χ1) is 18.4. The van der Waals surface area contributed by atoms with E-state index in [4.69, 9.17) is 14.2 Å². The van der Waals surface area contributed by atoms with Crippen molar-refractivity contribution in [2.45, 2.75) is 6.92 Å². The minimum atomic E-state index is -0.507. The molecular formula is C30H25BrN2O5. The van der Waals surface area contributed by atoms with Gasteiger partial charge in [-0.05, 0) is 75.9 Å². The van der Waals surface area contributed by atoms with Crippen LogP contribution in [0.1, 0.15) is 21.5 Å². The molecule has 1 amide bonds. The van der Waals surface area contributed by atoms with Crippen molar-refractivity contribution >= 4 is 34.0 Å². The van der Waals surface area contributed by atoms with Crippen molar-refractivity contribution in [3.63, 3.8) is 0 Å². The summed E-state index contributed by atoms with van der Waals surface area (Å²) >= 11 is 3.42. The van der Waals surface area contributed by atoms with Crippen LogP contribution in [-0.4, -0.2) is 31.8 Å². The largest absolute Gasteiger partial charge is 0.493 e. The molecule has 0 saturated heterocycles. The van der Waals surface area contributed by atoms with Crippen LogP contribution in [-0.2, 0) is 4.79 Å². The van der Waals surface area contributed by atoms with Crippen molar-refractivity contribution < 1.29 is 23.8 Å². The maximum Gasteiger partial charge on any atom is 0.343 e. The first-order valence-electron chi connectivity index (χ1n) is 11.7. The zero-order valence-electron chi connectivity index (χ0n) is 20.8. The Hall–Kier alpha value is -4.43. The Morgan fingerprint density at radius 3 is 2.29 bits per heavy atom. The molecular weight excluding hydrogens is 548 g/mol.